The Balaban J connectivity index is 0.000000210. The standard InChI is InChI=1S/C27H29NO11.C19H19Cl2N3OS/c1-10-22(31)13(28)6-17(38-10)39-15-8-27(36,16(30)9-29)7-12-19(15)26(35)21-20(24(12)33)23(32)11-4-3-5-14(37-2)18(11)25(21)34;1-26-19-22-18(25)23(12-14-2-6-16(20)7-3-14)10-11-24(19)13-15-4-8-17(21)9-5-15/h3-5,10,13,15,17,22,29,31,33,35-36H,6-9,28H2,1-2H3;2-9H,10-13H2,1H3/t10-,13-,15-,17?,22+,27-;/m0./s1. The fourth-order valence-electron chi connectivity index (χ4n) is 8.49. The fraction of sp³-hybridized carbons (Fsp3) is 0.370. The summed E-state index contributed by atoms with van der Waals surface area (Å²) >= 11 is 13.4. The number of benzene rings is 4. The summed E-state index contributed by atoms with van der Waals surface area (Å²) in [6, 6.07) is 18.7. The van der Waals surface area contributed by atoms with Gasteiger partial charge in [-0.05, 0) is 54.6 Å². The number of amides is 2. The number of halogens is 2. The number of fused-ring (bicyclic) bond motifs is 3. The number of carbonyl (C=O) groups excluding carboxylic acids is 4. The smallest absolute Gasteiger partial charge is 0.346 e. The van der Waals surface area contributed by atoms with Crippen molar-refractivity contribution in [3.8, 4) is 17.2 Å². The molecule has 4 aliphatic rings. The number of aliphatic hydroxyl groups excluding tert-OH is 2. The molecule has 0 spiro atoms. The lowest BCUT2D eigenvalue weighted by Gasteiger charge is -2.42. The van der Waals surface area contributed by atoms with E-state index in [0.717, 1.165) is 22.8 Å². The second-order valence-corrected chi connectivity index (χ2v) is 17.8. The van der Waals surface area contributed by atoms with Gasteiger partial charge in [0.1, 0.15) is 29.5 Å². The normalized spacial score (nSPS) is 23.9. The van der Waals surface area contributed by atoms with Crippen LogP contribution in [-0.4, -0.2) is 127 Å². The van der Waals surface area contributed by atoms with Gasteiger partial charge in [-0.25, -0.2) is 4.79 Å². The molecule has 2 heterocycles. The molecule has 2 aliphatic heterocycles. The SMILES string of the molecule is COc1cccc2c1C(=O)c1c(O)c3c(c(O)c1C2=O)C[C@@](O)(C(=O)CO)C[C@@H]3OC1C[C@H](N)[C@H](O)[C@H](C)O1.CSC1=NC(=O)N(Cc2ccc(Cl)cc2)CCN1Cc1ccc(Cl)cc1. The van der Waals surface area contributed by atoms with Gasteiger partial charge in [0.2, 0.25) is 5.78 Å². The minimum atomic E-state index is -2.24. The van der Waals surface area contributed by atoms with Gasteiger partial charge in [-0.3, -0.25) is 14.4 Å². The minimum absolute atomic E-state index is 0.0173. The average Bonchev–Trinajstić information content (AvgIpc) is 3.43. The predicted molar refractivity (Wildman–Crippen MR) is 242 cm³/mol. The molecular formula is C46H48Cl2N4O12S. The van der Waals surface area contributed by atoms with Crippen molar-refractivity contribution in [3.63, 3.8) is 0 Å². The third-order valence-corrected chi connectivity index (χ3v) is 13.2. The first-order valence-electron chi connectivity index (χ1n) is 20.6. The molecular weight excluding hydrogens is 903 g/mol. The number of carbonyl (C=O) groups is 4. The van der Waals surface area contributed by atoms with Crippen molar-refractivity contribution in [2.75, 3.05) is 33.1 Å². The molecule has 0 radical (unpaired) electrons. The van der Waals surface area contributed by atoms with Gasteiger partial charge in [0.15, 0.2) is 23.0 Å². The zero-order valence-corrected chi connectivity index (χ0v) is 37.9. The summed E-state index contributed by atoms with van der Waals surface area (Å²) in [5.41, 5.74) is 4.54. The second-order valence-electron chi connectivity index (χ2n) is 16.1. The Morgan fingerprint density at radius 2 is 1.52 bits per heavy atom. The highest BCUT2D eigenvalue weighted by atomic mass is 35.5. The lowest BCUT2D eigenvalue weighted by atomic mass is 9.72. The number of rotatable bonds is 9. The molecule has 2 amide bonds. The van der Waals surface area contributed by atoms with E-state index in [1.54, 1.807) is 11.8 Å². The summed E-state index contributed by atoms with van der Waals surface area (Å²) in [5.74, 6) is -3.77. The van der Waals surface area contributed by atoms with Crippen molar-refractivity contribution in [1.82, 2.24) is 9.80 Å². The molecule has 2 aliphatic carbocycles. The molecule has 8 rings (SSSR count). The van der Waals surface area contributed by atoms with E-state index in [9.17, 15) is 44.7 Å². The molecule has 65 heavy (non-hydrogen) atoms. The molecule has 344 valence electrons. The van der Waals surface area contributed by atoms with Gasteiger partial charge in [0, 0.05) is 78.2 Å². The molecule has 0 bridgehead atoms. The van der Waals surface area contributed by atoms with Crippen LogP contribution in [-0.2, 0) is 33.8 Å². The quantitative estimate of drug-likeness (QED) is 0.105. The number of phenolic OH excluding ortho intramolecular Hbond substituents is 2. The van der Waals surface area contributed by atoms with Crippen LogP contribution in [0.1, 0.15) is 80.0 Å². The number of methoxy groups -OCH3 is 1. The largest absolute Gasteiger partial charge is 0.507 e. The van der Waals surface area contributed by atoms with Crippen LogP contribution >= 0.6 is 35.0 Å². The summed E-state index contributed by atoms with van der Waals surface area (Å²) < 4.78 is 17.0. The number of aromatic hydroxyl groups is 2. The number of amidine groups is 1. The molecule has 1 saturated heterocycles. The first-order chi connectivity index (χ1) is 31.0. The number of Topliss-reactive ketones (excluding diaryl/α,β-unsaturated/α-hetero) is 1. The number of nitrogens with two attached hydrogens (primary N) is 1. The second kappa shape index (κ2) is 19.8. The van der Waals surface area contributed by atoms with Gasteiger partial charge >= 0.3 is 6.03 Å². The van der Waals surface area contributed by atoms with Crippen molar-refractivity contribution < 1.29 is 58.9 Å². The molecule has 16 nitrogen and oxygen atoms in total. The van der Waals surface area contributed by atoms with Crippen LogP contribution in [0.25, 0.3) is 0 Å². The number of ether oxygens (including phenoxy) is 3. The molecule has 1 unspecified atom stereocenters. The van der Waals surface area contributed by atoms with Crippen molar-refractivity contribution in [2.24, 2.45) is 10.7 Å². The van der Waals surface area contributed by atoms with E-state index in [1.165, 1.54) is 37.1 Å². The van der Waals surface area contributed by atoms with Gasteiger partial charge in [-0.1, -0.05) is 71.4 Å². The lowest BCUT2D eigenvalue weighted by Crippen LogP contribution is -2.53. The Kier molecular flexibility index (Phi) is 14.6. The third-order valence-electron chi connectivity index (χ3n) is 11.9. The number of hydrogen-bond acceptors (Lipinski definition) is 15. The molecule has 0 saturated carbocycles. The van der Waals surface area contributed by atoms with E-state index in [2.05, 4.69) is 9.89 Å². The van der Waals surface area contributed by atoms with Crippen molar-refractivity contribution >= 4 is 63.5 Å². The maximum absolute atomic E-state index is 13.6. The van der Waals surface area contributed by atoms with Crippen LogP contribution in [0.15, 0.2) is 71.7 Å². The molecule has 0 aromatic heterocycles. The Hall–Kier alpha value is -5.08. The Bertz CT molecular complexity index is 2510. The van der Waals surface area contributed by atoms with Crippen LogP contribution in [0.5, 0.6) is 17.2 Å². The number of nitrogens with zero attached hydrogens (tertiary/aromatic N) is 3. The topological polar surface area (TPSA) is 242 Å². The molecule has 7 N–H and O–H groups in total. The van der Waals surface area contributed by atoms with Crippen molar-refractivity contribution in [2.45, 2.75) is 75.5 Å². The summed E-state index contributed by atoms with van der Waals surface area (Å²) in [5, 5.41) is 55.8. The average molecular weight is 952 g/mol. The van der Waals surface area contributed by atoms with Gasteiger partial charge < -0.3 is 55.3 Å². The first-order valence-corrected chi connectivity index (χ1v) is 22.6. The lowest BCUT2D eigenvalue weighted by molar-refractivity contribution is -0.247. The van der Waals surface area contributed by atoms with Crippen LogP contribution < -0.4 is 10.5 Å². The summed E-state index contributed by atoms with van der Waals surface area (Å²) in [4.78, 5) is 60.5. The highest BCUT2D eigenvalue weighted by Gasteiger charge is 2.50. The highest BCUT2D eigenvalue weighted by Crippen LogP contribution is 2.52. The third kappa shape index (κ3) is 9.75. The molecule has 4 aromatic rings. The number of aliphatic imine (C=N–C) groups is 1. The zero-order valence-electron chi connectivity index (χ0n) is 35.6. The van der Waals surface area contributed by atoms with E-state index >= 15 is 0 Å². The molecule has 4 aromatic carbocycles. The maximum Gasteiger partial charge on any atom is 0.346 e. The summed E-state index contributed by atoms with van der Waals surface area (Å²) in [6.07, 6.45) is -3.18. The van der Waals surface area contributed by atoms with Crippen LogP contribution in [0.2, 0.25) is 10.0 Å². The summed E-state index contributed by atoms with van der Waals surface area (Å²) in [7, 11) is 1.32. The molecule has 19 heteroatoms. The van der Waals surface area contributed by atoms with Crippen LogP contribution in [0, 0.1) is 0 Å². The Morgan fingerprint density at radius 1 is 0.923 bits per heavy atom. The van der Waals surface area contributed by atoms with E-state index in [0.29, 0.717) is 29.7 Å². The van der Waals surface area contributed by atoms with Gasteiger partial charge in [-0.2, -0.15) is 4.99 Å². The number of hydrogen-bond donors (Lipinski definition) is 6. The highest BCUT2D eigenvalue weighted by molar-refractivity contribution is 8.13. The maximum atomic E-state index is 13.6. The zero-order chi connectivity index (χ0) is 46.9. The van der Waals surface area contributed by atoms with E-state index in [4.69, 9.17) is 43.1 Å². The van der Waals surface area contributed by atoms with E-state index in [1.807, 2.05) is 54.8 Å². The molecule has 6 atom stereocenters. The van der Waals surface area contributed by atoms with E-state index < -0.39 is 95.7 Å². The summed E-state index contributed by atoms with van der Waals surface area (Å²) in [6.45, 7) is 3.11. The van der Waals surface area contributed by atoms with Gasteiger partial charge in [0.05, 0.1) is 42.1 Å². The number of thioether (sulfide) groups is 1. The van der Waals surface area contributed by atoms with Gasteiger partial charge in [0.25, 0.3) is 0 Å². The number of ketones is 3. The van der Waals surface area contributed by atoms with Crippen LogP contribution in [0.4, 0.5) is 4.79 Å². The Morgan fingerprint density at radius 3 is 2.11 bits per heavy atom. The monoisotopic (exact) mass is 950 g/mol. The van der Waals surface area contributed by atoms with Crippen molar-refractivity contribution in [3.05, 3.63) is 121 Å². The number of urea groups is 1. The Labute approximate surface area is 388 Å². The van der Waals surface area contributed by atoms with Crippen molar-refractivity contribution in [1.29, 1.82) is 0 Å². The predicted octanol–water partition coefficient (Wildman–Crippen LogP) is 5.15. The van der Waals surface area contributed by atoms with Gasteiger partial charge in [-0.15, -0.1) is 0 Å². The first kappa shape index (κ1) is 47.9. The minimum Gasteiger partial charge on any atom is -0.507 e. The van der Waals surface area contributed by atoms with E-state index in [-0.39, 0.29) is 40.5 Å². The molecule has 1 fully saturated rings. The fourth-order valence-corrected chi connectivity index (χ4v) is 9.33. The van der Waals surface area contributed by atoms with Crippen LogP contribution in [0.3, 0.4) is 0 Å². The number of phenols is 2. The number of aliphatic hydroxyl groups is 3.